The molecule has 0 aliphatic carbocycles. The van der Waals surface area contributed by atoms with Crippen LogP contribution in [0.3, 0.4) is 0 Å². The van der Waals surface area contributed by atoms with Crippen LogP contribution in [0.4, 0.5) is 0 Å². The minimum atomic E-state index is 0.519. The molecule has 0 aromatic rings. The van der Waals surface area contributed by atoms with Gasteiger partial charge < -0.3 is 4.74 Å². The third-order valence-electron chi connectivity index (χ3n) is 1.91. The molecule has 0 radical (unpaired) electrons. The molecular weight excluding hydrogens is 112 g/mol. The molecule has 0 spiro atoms. The maximum absolute atomic E-state index is 5.48. The van der Waals surface area contributed by atoms with E-state index >= 15 is 0 Å². The number of hydrogen-bond acceptors (Lipinski definition) is 1. The van der Waals surface area contributed by atoms with Crippen molar-refractivity contribution >= 4 is 0 Å². The summed E-state index contributed by atoms with van der Waals surface area (Å²) in [5, 5.41) is 0. The topological polar surface area (TPSA) is 9.23 Å². The molecule has 0 N–H and O–H groups in total. The highest BCUT2D eigenvalue weighted by Crippen LogP contribution is 2.12. The van der Waals surface area contributed by atoms with Crippen LogP contribution < -0.4 is 0 Å². The Morgan fingerprint density at radius 3 is 2.78 bits per heavy atom. The first-order chi connectivity index (χ1) is 4.39. The molecule has 1 rings (SSSR count). The second-order valence-electron chi connectivity index (χ2n) is 2.88. The fourth-order valence-corrected chi connectivity index (χ4v) is 1.26. The zero-order valence-electron chi connectivity index (χ0n) is 6.23. The lowest BCUT2D eigenvalue weighted by atomic mass is 10.1. The number of hydrogen-bond donors (Lipinski definition) is 0. The summed E-state index contributed by atoms with van der Waals surface area (Å²) >= 11 is 0. The average Bonchev–Trinajstić information content (AvgIpc) is 1.79. The molecule has 1 saturated heterocycles. The van der Waals surface area contributed by atoms with Crippen molar-refractivity contribution in [3.8, 4) is 0 Å². The molecule has 0 aromatic carbocycles. The molecule has 0 bridgehead atoms. The zero-order chi connectivity index (χ0) is 6.53. The Morgan fingerprint density at radius 2 is 1.89 bits per heavy atom. The van der Waals surface area contributed by atoms with Crippen LogP contribution in [0.25, 0.3) is 0 Å². The smallest absolute Gasteiger partial charge is 0.0547 e. The van der Waals surface area contributed by atoms with Crippen LogP contribution >= 0.6 is 0 Å². The minimum absolute atomic E-state index is 0.519. The lowest BCUT2D eigenvalue weighted by Crippen LogP contribution is -2.11. The van der Waals surface area contributed by atoms with Gasteiger partial charge in [-0.2, -0.15) is 0 Å². The van der Waals surface area contributed by atoms with Gasteiger partial charge in [-0.3, -0.25) is 0 Å². The van der Waals surface area contributed by atoms with Crippen LogP contribution in [0, 0.1) is 0 Å². The van der Waals surface area contributed by atoms with Crippen LogP contribution in [0.15, 0.2) is 0 Å². The van der Waals surface area contributed by atoms with Crippen molar-refractivity contribution in [2.75, 3.05) is 6.61 Å². The Bertz CT molecular complexity index is 63.0. The summed E-state index contributed by atoms with van der Waals surface area (Å²) in [7, 11) is 0. The van der Waals surface area contributed by atoms with Gasteiger partial charge in [0.05, 0.1) is 6.10 Å². The molecule has 54 valence electrons. The highest BCUT2D eigenvalue weighted by atomic mass is 16.5. The second kappa shape index (κ2) is 3.89. The molecule has 1 aliphatic rings. The van der Waals surface area contributed by atoms with Crippen molar-refractivity contribution in [1.82, 2.24) is 0 Å². The Kier molecular flexibility index (Phi) is 3.05. The average molecular weight is 128 g/mol. The lowest BCUT2D eigenvalue weighted by Gasteiger charge is -2.15. The number of rotatable bonds is 0. The van der Waals surface area contributed by atoms with Gasteiger partial charge in [0, 0.05) is 6.61 Å². The maximum atomic E-state index is 5.48. The predicted octanol–water partition coefficient (Wildman–Crippen LogP) is 2.36. The Balaban J connectivity index is 2.12. The summed E-state index contributed by atoms with van der Waals surface area (Å²) in [5.74, 6) is 0. The molecule has 0 unspecified atom stereocenters. The summed E-state index contributed by atoms with van der Waals surface area (Å²) in [6, 6.07) is 0. The van der Waals surface area contributed by atoms with E-state index in [1.165, 1.54) is 32.1 Å². The predicted molar refractivity (Wildman–Crippen MR) is 38.5 cm³/mol. The van der Waals surface area contributed by atoms with Gasteiger partial charge >= 0.3 is 0 Å². The third kappa shape index (κ3) is 2.85. The standard InChI is InChI=1S/C8H16O/c1-8-6-4-2-3-5-7-9-8/h8H,2-7H2,1H3/t8-/m1/s1. The lowest BCUT2D eigenvalue weighted by molar-refractivity contribution is 0.0480. The van der Waals surface area contributed by atoms with E-state index in [1.54, 1.807) is 0 Å². The molecule has 1 atom stereocenters. The SMILES string of the molecule is C[C@@H]1CCCCCCO1. The van der Waals surface area contributed by atoms with Gasteiger partial charge in [0.1, 0.15) is 0 Å². The molecule has 0 aromatic heterocycles. The van der Waals surface area contributed by atoms with E-state index in [4.69, 9.17) is 4.74 Å². The summed E-state index contributed by atoms with van der Waals surface area (Å²) in [4.78, 5) is 0. The first-order valence-electron chi connectivity index (χ1n) is 4.01. The summed E-state index contributed by atoms with van der Waals surface area (Å²) in [6.45, 7) is 3.16. The van der Waals surface area contributed by atoms with Crippen molar-refractivity contribution in [1.29, 1.82) is 0 Å². The molecule has 0 amide bonds. The van der Waals surface area contributed by atoms with Crippen molar-refractivity contribution in [2.45, 2.75) is 45.1 Å². The molecule has 0 saturated carbocycles. The maximum Gasteiger partial charge on any atom is 0.0547 e. The van der Waals surface area contributed by atoms with Gasteiger partial charge in [0.15, 0.2) is 0 Å². The highest BCUT2D eigenvalue weighted by molar-refractivity contribution is 4.55. The number of ether oxygens (including phenoxy) is 1. The summed E-state index contributed by atoms with van der Waals surface area (Å²) in [6.07, 6.45) is 7.19. The van der Waals surface area contributed by atoms with E-state index in [0.29, 0.717) is 6.10 Å². The van der Waals surface area contributed by atoms with Crippen LogP contribution in [0.5, 0.6) is 0 Å². The molecular formula is C8H16O. The van der Waals surface area contributed by atoms with Crippen molar-refractivity contribution in [2.24, 2.45) is 0 Å². The minimum Gasteiger partial charge on any atom is -0.379 e. The quantitative estimate of drug-likeness (QED) is 0.486. The van der Waals surface area contributed by atoms with Gasteiger partial charge in [-0.25, -0.2) is 0 Å². The molecule has 1 nitrogen and oxygen atoms in total. The normalized spacial score (nSPS) is 31.0. The van der Waals surface area contributed by atoms with Crippen LogP contribution in [0.2, 0.25) is 0 Å². The third-order valence-corrected chi connectivity index (χ3v) is 1.91. The molecule has 1 aliphatic heterocycles. The van der Waals surface area contributed by atoms with E-state index in [1.807, 2.05) is 0 Å². The van der Waals surface area contributed by atoms with E-state index in [2.05, 4.69) is 6.92 Å². The fraction of sp³-hybridized carbons (Fsp3) is 1.00. The Labute approximate surface area is 57.4 Å². The monoisotopic (exact) mass is 128 g/mol. The van der Waals surface area contributed by atoms with E-state index in [9.17, 15) is 0 Å². The van der Waals surface area contributed by atoms with E-state index in [0.717, 1.165) is 6.61 Å². The van der Waals surface area contributed by atoms with Crippen LogP contribution in [-0.2, 0) is 4.74 Å². The van der Waals surface area contributed by atoms with Crippen LogP contribution in [0.1, 0.15) is 39.0 Å². The largest absolute Gasteiger partial charge is 0.379 e. The molecule has 1 heterocycles. The van der Waals surface area contributed by atoms with Crippen molar-refractivity contribution in [3.05, 3.63) is 0 Å². The van der Waals surface area contributed by atoms with Gasteiger partial charge in [-0.15, -0.1) is 0 Å². The second-order valence-corrected chi connectivity index (χ2v) is 2.88. The Hall–Kier alpha value is -0.0400. The van der Waals surface area contributed by atoms with Gasteiger partial charge in [-0.1, -0.05) is 19.3 Å². The summed E-state index contributed by atoms with van der Waals surface area (Å²) in [5.41, 5.74) is 0. The van der Waals surface area contributed by atoms with Crippen molar-refractivity contribution in [3.63, 3.8) is 0 Å². The van der Waals surface area contributed by atoms with Crippen LogP contribution in [-0.4, -0.2) is 12.7 Å². The van der Waals surface area contributed by atoms with E-state index in [-0.39, 0.29) is 0 Å². The summed E-state index contributed by atoms with van der Waals surface area (Å²) < 4.78 is 5.48. The first-order valence-corrected chi connectivity index (χ1v) is 4.01. The van der Waals surface area contributed by atoms with Gasteiger partial charge in [0.25, 0.3) is 0 Å². The molecule has 1 heteroatoms. The fourth-order valence-electron chi connectivity index (χ4n) is 1.26. The molecule has 9 heavy (non-hydrogen) atoms. The Morgan fingerprint density at radius 1 is 1.11 bits per heavy atom. The van der Waals surface area contributed by atoms with Crippen molar-refractivity contribution < 1.29 is 4.74 Å². The van der Waals surface area contributed by atoms with E-state index < -0.39 is 0 Å². The molecule has 1 fully saturated rings. The van der Waals surface area contributed by atoms with Gasteiger partial charge in [-0.05, 0) is 19.8 Å². The first kappa shape index (κ1) is 7.07. The zero-order valence-corrected chi connectivity index (χ0v) is 6.23. The highest BCUT2D eigenvalue weighted by Gasteiger charge is 2.04. The van der Waals surface area contributed by atoms with Gasteiger partial charge in [0.2, 0.25) is 0 Å².